The third kappa shape index (κ3) is 7.75. The van der Waals surface area contributed by atoms with Crippen LogP contribution in [0.3, 0.4) is 0 Å². The summed E-state index contributed by atoms with van der Waals surface area (Å²) in [6.45, 7) is 19.5. The molecule has 1 heterocycles. The fourth-order valence-electron chi connectivity index (χ4n) is 2.51. The summed E-state index contributed by atoms with van der Waals surface area (Å²) < 4.78 is 24.5. The zero-order valence-electron chi connectivity index (χ0n) is 16.8. The smallest absolute Gasteiger partial charge is 0.184 e. The van der Waals surface area contributed by atoms with E-state index in [-0.39, 0.29) is 18.3 Å². The van der Waals surface area contributed by atoms with Gasteiger partial charge in [-0.05, 0) is 58.9 Å². The zero-order chi connectivity index (χ0) is 18.9. The van der Waals surface area contributed by atoms with Crippen LogP contribution in [0.4, 0.5) is 0 Å². The van der Waals surface area contributed by atoms with Crippen molar-refractivity contribution in [3.8, 4) is 0 Å². The lowest BCUT2D eigenvalue weighted by molar-refractivity contribution is -0.240. The number of aliphatic hydroxyl groups is 1. The van der Waals surface area contributed by atoms with E-state index in [0.29, 0.717) is 6.61 Å². The van der Waals surface area contributed by atoms with Crippen molar-refractivity contribution in [1.82, 2.24) is 0 Å². The first kappa shape index (κ1) is 22.5. The van der Waals surface area contributed by atoms with Crippen LogP contribution in [0.1, 0.15) is 0 Å². The van der Waals surface area contributed by atoms with Crippen LogP contribution in [0.5, 0.6) is 0 Å². The van der Waals surface area contributed by atoms with Gasteiger partial charge in [-0.3, -0.25) is 0 Å². The van der Waals surface area contributed by atoms with Crippen LogP contribution in [0.15, 0.2) is 0 Å². The van der Waals surface area contributed by atoms with Gasteiger partial charge in [0, 0.05) is 0 Å². The maximum absolute atomic E-state index is 10.3. The molecule has 3 N–H and O–H groups in total. The Kier molecular flexibility index (Phi) is 7.46. The summed E-state index contributed by atoms with van der Waals surface area (Å²) in [5.74, 6) is 0. The van der Waals surface area contributed by atoms with E-state index in [1.165, 1.54) is 0 Å². The first-order chi connectivity index (χ1) is 10.6. The molecule has 0 aromatic heterocycles. The number of rotatable bonds is 7. The van der Waals surface area contributed by atoms with E-state index in [0.717, 1.165) is 0 Å². The Balaban J connectivity index is 3.05. The molecule has 1 saturated heterocycles. The molecular formula is C15H37NO5Si3. The Morgan fingerprint density at radius 2 is 1.29 bits per heavy atom. The number of ether oxygens (including phenoxy) is 1. The van der Waals surface area contributed by atoms with Gasteiger partial charge in [0.05, 0.1) is 18.8 Å². The highest BCUT2D eigenvalue weighted by Crippen LogP contribution is 2.29. The molecule has 0 spiro atoms. The van der Waals surface area contributed by atoms with E-state index < -0.39 is 37.3 Å². The summed E-state index contributed by atoms with van der Waals surface area (Å²) in [5.41, 5.74) is 6.21. The van der Waals surface area contributed by atoms with Crippen molar-refractivity contribution in [3.63, 3.8) is 0 Å². The SMILES string of the molecule is C[Si](C)(C)OC[C@H]1O[C@@H](O)[C@H](N)[C@@H](O[Si](C)(C)C)[C@@H]1O[Si](C)(C)C. The summed E-state index contributed by atoms with van der Waals surface area (Å²) in [6.07, 6.45) is -2.15. The predicted octanol–water partition coefficient (Wildman–Crippen LogP) is 2.32. The molecule has 0 saturated carbocycles. The van der Waals surface area contributed by atoms with Gasteiger partial charge < -0.3 is 28.9 Å². The Bertz CT molecular complexity index is 405. The maximum atomic E-state index is 10.3. The monoisotopic (exact) mass is 395 g/mol. The Morgan fingerprint density at radius 1 is 0.833 bits per heavy atom. The molecule has 1 aliphatic heterocycles. The van der Waals surface area contributed by atoms with Gasteiger partial charge in [-0.25, -0.2) is 0 Å². The average Bonchev–Trinajstić information content (AvgIpc) is 2.32. The Morgan fingerprint density at radius 3 is 1.71 bits per heavy atom. The minimum atomic E-state index is -1.87. The van der Waals surface area contributed by atoms with Gasteiger partial charge in [-0.15, -0.1) is 0 Å². The lowest BCUT2D eigenvalue weighted by Crippen LogP contribution is -2.66. The summed E-state index contributed by atoms with van der Waals surface area (Å²) in [7, 11) is -5.43. The minimum absolute atomic E-state index is 0.321. The van der Waals surface area contributed by atoms with E-state index in [1.807, 2.05) is 0 Å². The van der Waals surface area contributed by atoms with Crippen LogP contribution in [0.25, 0.3) is 0 Å². The van der Waals surface area contributed by atoms with Crippen LogP contribution in [-0.2, 0) is 18.0 Å². The van der Waals surface area contributed by atoms with Crippen LogP contribution in [0.2, 0.25) is 58.9 Å². The molecule has 5 atom stereocenters. The highest BCUT2D eigenvalue weighted by molar-refractivity contribution is 6.70. The van der Waals surface area contributed by atoms with Crippen LogP contribution >= 0.6 is 0 Å². The highest BCUT2D eigenvalue weighted by Gasteiger charge is 2.48. The first-order valence-electron chi connectivity index (χ1n) is 8.68. The van der Waals surface area contributed by atoms with Gasteiger partial charge in [-0.2, -0.15) is 0 Å². The van der Waals surface area contributed by atoms with E-state index in [9.17, 15) is 5.11 Å². The number of hydrogen-bond acceptors (Lipinski definition) is 6. The molecule has 144 valence electrons. The number of aliphatic hydroxyl groups excluding tert-OH is 1. The van der Waals surface area contributed by atoms with Gasteiger partial charge in [-0.1, -0.05) is 0 Å². The first-order valence-corrected chi connectivity index (χ1v) is 18.9. The second-order valence-electron chi connectivity index (χ2n) is 9.46. The molecule has 0 aromatic rings. The van der Waals surface area contributed by atoms with Crippen LogP contribution in [0, 0.1) is 0 Å². The molecule has 1 rings (SSSR count). The summed E-state index contributed by atoms with van der Waals surface area (Å²) >= 11 is 0. The molecule has 0 aliphatic carbocycles. The van der Waals surface area contributed by atoms with E-state index in [2.05, 4.69) is 58.9 Å². The lowest BCUT2D eigenvalue weighted by Gasteiger charge is -2.47. The molecule has 0 amide bonds. The molecule has 24 heavy (non-hydrogen) atoms. The minimum Gasteiger partial charge on any atom is -0.415 e. The fourth-order valence-corrected chi connectivity index (χ4v) is 5.39. The summed E-state index contributed by atoms with van der Waals surface area (Å²) in [4.78, 5) is 0. The van der Waals surface area contributed by atoms with E-state index in [1.54, 1.807) is 0 Å². The molecule has 9 heteroatoms. The van der Waals surface area contributed by atoms with Gasteiger partial charge in [0.15, 0.2) is 31.2 Å². The summed E-state index contributed by atoms with van der Waals surface area (Å²) in [5, 5.41) is 10.3. The Labute approximate surface area is 150 Å². The number of nitrogens with two attached hydrogens (primary N) is 1. The van der Waals surface area contributed by atoms with Crippen molar-refractivity contribution in [3.05, 3.63) is 0 Å². The Hall–Kier alpha value is 0.411. The molecule has 0 unspecified atom stereocenters. The van der Waals surface area contributed by atoms with E-state index in [4.69, 9.17) is 23.7 Å². The fraction of sp³-hybridized carbons (Fsp3) is 1.00. The largest absolute Gasteiger partial charge is 0.415 e. The van der Waals surface area contributed by atoms with Crippen molar-refractivity contribution < 1.29 is 23.1 Å². The second-order valence-corrected chi connectivity index (χ2v) is 22.9. The molecule has 1 aliphatic rings. The third-order valence-corrected chi connectivity index (χ3v) is 6.36. The van der Waals surface area contributed by atoms with Gasteiger partial charge in [0.2, 0.25) is 0 Å². The average molecular weight is 396 g/mol. The lowest BCUT2D eigenvalue weighted by atomic mass is 9.98. The highest BCUT2D eigenvalue weighted by atomic mass is 28.4. The molecule has 6 nitrogen and oxygen atoms in total. The van der Waals surface area contributed by atoms with Crippen molar-refractivity contribution >= 4 is 25.0 Å². The van der Waals surface area contributed by atoms with Gasteiger partial charge in [0.25, 0.3) is 0 Å². The second kappa shape index (κ2) is 7.97. The molecule has 1 fully saturated rings. The standard InChI is InChI=1S/C15H37NO5Si3/c1-22(2,3)18-10-11-13(20-23(4,5)6)14(21-24(7,8)9)12(16)15(17)19-11/h11-15,17H,10,16H2,1-9H3/t11-,12-,13-,14-,15-/m1/s1. The number of hydrogen-bond donors (Lipinski definition) is 2. The van der Waals surface area contributed by atoms with E-state index >= 15 is 0 Å². The predicted molar refractivity (Wildman–Crippen MR) is 105 cm³/mol. The molecule has 0 bridgehead atoms. The van der Waals surface area contributed by atoms with Gasteiger partial charge >= 0.3 is 0 Å². The van der Waals surface area contributed by atoms with Crippen LogP contribution in [-0.4, -0.2) is 67.3 Å². The van der Waals surface area contributed by atoms with Crippen molar-refractivity contribution in [2.75, 3.05) is 6.61 Å². The molecular weight excluding hydrogens is 358 g/mol. The topological polar surface area (TPSA) is 83.2 Å². The van der Waals surface area contributed by atoms with Crippen molar-refractivity contribution in [1.29, 1.82) is 0 Å². The zero-order valence-corrected chi connectivity index (χ0v) is 19.8. The summed E-state index contributed by atoms with van der Waals surface area (Å²) in [6, 6.07) is -0.624. The van der Waals surface area contributed by atoms with Crippen molar-refractivity contribution in [2.24, 2.45) is 5.73 Å². The maximum Gasteiger partial charge on any atom is 0.184 e. The van der Waals surface area contributed by atoms with Gasteiger partial charge in [0.1, 0.15) is 12.2 Å². The normalized spacial score (nSPS) is 32.9. The van der Waals surface area contributed by atoms with Crippen molar-refractivity contribution in [2.45, 2.75) is 89.6 Å². The third-order valence-electron chi connectivity index (χ3n) is 3.37. The van der Waals surface area contributed by atoms with Crippen LogP contribution < -0.4 is 5.73 Å². The molecule has 0 aromatic carbocycles. The quantitative estimate of drug-likeness (QED) is 0.644. The molecule has 0 radical (unpaired) electrons.